The van der Waals surface area contributed by atoms with E-state index in [1.165, 1.54) is 0 Å². The maximum absolute atomic E-state index is 6.11. The van der Waals surface area contributed by atoms with Crippen molar-refractivity contribution in [3.05, 3.63) is 45.2 Å². The van der Waals surface area contributed by atoms with Gasteiger partial charge in [-0.15, -0.1) is 5.10 Å². The first-order valence-electron chi connectivity index (χ1n) is 4.54. The van der Waals surface area contributed by atoms with Gasteiger partial charge in [-0.05, 0) is 24.6 Å². The maximum atomic E-state index is 6.11. The molecule has 0 radical (unpaired) electrons. The van der Waals surface area contributed by atoms with E-state index in [0.717, 1.165) is 16.8 Å². The molecule has 0 amide bonds. The molecule has 0 bridgehead atoms. The molecule has 2 aromatic rings. The van der Waals surface area contributed by atoms with E-state index in [0.29, 0.717) is 10.0 Å². The van der Waals surface area contributed by atoms with E-state index in [2.05, 4.69) is 10.2 Å². The van der Waals surface area contributed by atoms with Crippen LogP contribution in [-0.4, -0.2) is 10.2 Å². The average Bonchev–Trinajstić information content (AvgIpc) is 2.27. The lowest BCUT2D eigenvalue weighted by Crippen LogP contribution is -1.93. The second kappa shape index (κ2) is 4.58. The van der Waals surface area contributed by atoms with Crippen LogP contribution in [0.15, 0.2) is 24.3 Å². The summed E-state index contributed by atoms with van der Waals surface area (Å²) in [7, 11) is 0. The number of benzene rings is 1. The molecule has 1 heterocycles. The number of halogens is 3. The van der Waals surface area contributed by atoms with Crippen molar-refractivity contribution in [3.63, 3.8) is 0 Å². The van der Waals surface area contributed by atoms with Crippen LogP contribution in [0.3, 0.4) is 0 Å². The molecule has 0 unspecified atom stereocenters. The average molecular weight is 274 g/mol. The van der Waals surface area contributed by atoms with Crippen LogP contribution in [-0.2, 0) is 0 Å². The zero-order chi connectivity index (χ0) is 11.7. The molecule has 0 fully saturated rings. The maximum Gasteiger partial charge on any atom is 0.170 e. The Balaban J connectivity index is 2.63. The van der Waals surface area contributed by atoms with Gasteiger partial charge in [-0.1, -0.05) is 46.9 Å². The van der Waals surface area contributed by atoms with Gasteiger partial charge in [-0.2, -0.15) is 5.10 Å². The predicted molar refractivity (Wildman–Crippen MR) is 67.2 cm³/mol. The molecule has 0 atom stereocenters. The standard InChI is InChI=1S/C11H7Cl3N2/c1-6-9(10(13)11(14)16-15-6)7-2-4-8(12)5-3-7/h2-5H,1H3. The minimum atomic E-state index is 0.206. The van der Waals surface area contributed by atoms with Crippen molar-refractivity contribution >= 4 is 34.8 Å². The number of aryl methyl sites for hydroxylation is 1. The van der Waals surface area contributed by atoms with Crippen molar-refractivity contribution in [2.75, 3.05) is 0 Å². The van der Waals surface area contributed by atoms with Gasteiger partial charge in [0.2, 0.25) is 0 Å². The van der Waals surface area contributed by atoms with Crippen molar-refractivity contribution in [2.24, 2.45) is 0 Å². The topological polar surface area (TPSA) is 25.8 Å². The second-order valence-electron chi connectivity index (χ2n) is 3.27. The molecular formula is C11H7Cl3N2. The van der Waals surface area contributed by atoms with Crippen molar-refractivity contribution < 1.29 is 0 Å². The summed E-state index contributed by atoms with van der Waals surface area (Å²) in [5.41, 5.74) is 2.44. The number of hydrogen-bond donors (Lipinski definition) is 0. The molecule has 5 heteroatoms. The molecule has 0 N–H and O–H groups in total. The summed E-state index contributed by atoms with van der Waals surface area (Å²) in [6, 6.07) is 7.32. The molecule has 0 spiro atoms. The Hall–Kier alpha value is -0.830. The van der Waals surface area contributed by atoms with Gasteiger partial charge in [0.25, 0.3) is 0 Å². The van der Waals surface area contributed by atoms with E-state index >= 15 is 0 Å². The number of aromatic nitrogens is 2. The Morgan fingerprint density at radius 3 is 2.19 bits per heavy atom. The Morgan fingerprint density at radius 2 is 1.56 bits per heavy atom. The van der Waals surface area contributed by atoms with Crippen molar-refractivity contribution in [2.45, 2.75) is 6.92 Å². The molecular weight excluding hydrogens is 266 g/mol. The predicted octanol–water partition coefficient (Wildman–Crippen LogP) is 4.41. The lowest BCUT2D eigenvalue weighted by Gasteiger charge is -2.07. The highest BCUT2D eigenvalue weighted by atomic mass is 35.5. The molecule has 0 aliphatic heterocycles. The lowest BCUT2D eigenvalue weighted by atomic mass is 10.1. The fourth-order valence-corrected chi connectivity index (χ4v) is 1.97. The van der Waals surface area contributed by atoms with E-state index in [4.69, 9.17) is 34.8 Å². The molecule has 0 aliphatic rings. The zero-order valence-electron chi connectivity index (χ0n) is 8.34. The molecule has 1 aromatic carbocycles. The van der Waals surface area contributed by atoms with Gasteiger partial charge >= 0.3 is 0 Å². The van der Waals surface area contributed by atoms with Crippen LogP contribution in [0, 0.1) is 6.92 Å². The molecule has 16 heavy (non-hydrogen) atoms. The first kappa shape index (κ1) is 11.6. The molecule has 0 saturated carbocycles. The Kier molecular flexibility index (Phi) is 3.33. The smallest absolute Gasteiger partial charge is 0.154 e. The normalized spacial score (nSPS) is 10.5. The van der Waals surface area contributed by atoms with Gasteiger partial charge in [0, 0.05) is 10.6 Å². The van der Waals surface area contributed by atoms with E-state index in [9.17, 15) is 0 Å². The van der Waals surface area contributed by atoms with Crippen molar-refractivity contribution in [1.29, 1.82) is 0 Å². The molecule has 1 aromatic heterocycles. The van der Waals surface area contributed by atoms with E-state index < -0.39 is 0 Å². The van der Waals surface area contributed by atoms with Crippen molar-refractivity contribution in [1.82, 2.24) is 10.2 Å². The molecule has 2 rings (SSSR count). The fraction of sp³-hybridized carbons (Fsp3) is 0.0909. The number of hydrogen-bond acceptors (Lipinski definition) is 2. The SMILES string of the molecule is Cc1nnc(Cl)c(Cl)c1-c1ccc(Cl)cc1. The van der Waals surface area contributed by atoms with Crippen molar-refractivity contribution in [3.8, 4) is 11.1 Å². The van der Waals surface area contributed by atoms with E-state index in [1.807, 2.05) is 19.1 Å². The van der Waals surface area contributed by atoms with Gasteiger partial charge in [-0.25, -0.2) is 0 Å². The lowest BCUT2D eigenvalue weighted by molar-refractivity contribution is 0.984. The van der Waals surface area contributed by atoms with Crippen LogP contribution in [0.1, 0.15) is 5.69 Å². The quantitative estimate of drug-likeness (QED) is 0.769. The summed E-state index contributed by atoms with van der Waals surface area (Å²) in [5, 5.41) is 8.97. The van der Waals surface area contributed by atoms with Crippen LogP contribution < -0.4 is 0 Å². The first-order chi connectivity index (χ1) is 7.59. The largest absolute Gasteiger partial charge is 0.170 e. The second-order valence-corrected chi connectivity index (χ2v) is 4.44. The van der Waals surface area contributed by atoms with Gasteiger partial charge in [-0.3, -0.25) is 0 Å². The summed E-state index contributed by atoms with van der Waals surface area (Å²) in [6.07, 6.45) is 0. The van der Waals surface area contributed by atoms with Gasteiger partial charge in [0.05, 0.1) is 10.7 Å². The monoisotopic (exact) mass is 272 g/mol. The molecule has 0 saturated heterocycles. The van der Waals surface area contributed by atoms with E-state index in [1.54, 1.807) is 12.1 Å². The zero-order valence-corrected chi connectivity index (χ0v) is 10.6. The van der Waals surface area contributed by atoms with E-state index in [-0.39, 0.29) is 5.15 Å². The Labute approximate surface area is 108 Å². The fourth-order valence-electron chi connectivity index (χ4n) is 1.43. The van der Waals surface area contributed by atoms with Crippen LogP contribution >= 0.6 is 34.8 Å². The van der Waals surface area contributed by atoms with Gasteiger partial charge in [0.1, 0.15) is 0 Å². The third kappa shape index (κ3) is 2.14. The third-order valence-corrected chi connectivity index (χ3v) is 3.16. The van der Waals surface area contributed by atoms with Crippen LogP contribution in [0.5, 0.6) is 0 Å². The third-order valence-electron chi connectivity index (χ3n) is 2.18. The Morgan fingerprint density at radius 1 is 0.938 bits per heavy atom. The van der Waals surface area contributed by atoms with Crippen LogP contribution in [0.4, 0.5) is 0 Å². The summed E-state index contributed by atoms with van der Waals surface area (Å²) in [6.45, 7) is 1.83. The van der Waals surface area contributed by atoms with Gasteiger partial charge in [0.15, 0.2) is 5.15 Å². The minimum Gasteiger partial charge on any atom is -0.154 e. The highest BCUT2D eigenvalue weighted by Gasteiger charge is 2.12. The van der Waals surface area contributed by atoms with Gasteiger partial charge < -0.3 is 0 Å². The Bertz CT molecular complexity index is 523. The van der Waals surface area contributed by atoms with Crippen LogP contribution in [0.2, 0.25) is 15.2 Å². The summed E-state index contributed by atoms with van der Waals surface area (Å²) in [5.74, 6) is 0. The number of nitrogens with zero attached hydrogens (tertiary/aromatic N) is 2. The van der Waals surface area contributed by atoms with Crippen LogP contribution in [0.25, 0.3) is 11.1 Å². The summed E-state index contributed by atoms with van der Waals surface area (Å²) < 4.78 is 0. The molecule has 0 aliphatic carbocycles. The first-order valence-corrected chi connectivity index (χ1v) is 5.67. The number of rotatable bonds is 1. The summed E-state index contributed by atoms with van der Waals surface area (Å²) in [4.78, 5) is 0. The minimum absolute atomic E-state index is 0.206. The highest BCUT2D eigenvalue weighted by Crippen LogP contribution is 2.34. The molecule has 2 nitrogen and oxygen atoms in total. The summed E-state index contributed by atoms with van der Waals surface area (Å²) >= 11 is 17.8. The molecule has 82 valence electrons. The highest BCUT2D eigenvalue weighted by molar-refractivity contribution is 6.43.